The molecule has 0 aliphatic heterocycles. The van der Waals surface area contributed by atoms with Gasteiger partial charge in [-0.25, -0.2) is 0 Å². The van der Waals surface area contributed by atoms with Crippen molar-refractivity contribution in [2.24, 2.45) is 0 Å². The molecule has 0 spiro atoms. The second kappa shape index (κ2) is 7.06. The number of rotatable bonds is 4. The Balaban J connectivity index is 2.15. The number of hydrogen-bond acceptors (Lipinski definition) is 2. The van der Waals surface area contributed by atoms with Crippen molar-refractivity contribution in [3.63, 3.8) is 0 Å². The van der Waals surface area contributed by atoms with Crippen molar-refractivity contribution < 1.29 is 9.90 Å². The highest BCUT2D eigenvalue weighted by atomic mass is 127. The van der Waals surface area contributed by atoms with E-state index in [-0.39, 0.29) is 12.5 Å². The maximum atomic E-state index is 12.2. The Labute approximate surface area is 136 Å². The zero-order valence-electron chi connectivity index (χ0n) is 10.5. The largest absolute Gasteiger partial charge is 0.394 e. The molecule has 20 heavy (non-hydrogen) atoms. The first kappa shape index (κ1) is 15.3. The van der Waals surface area contributed by atoms with Gasteiger partial charge in [0.15, 0.2) is 0 Å². The Morgan fingerprint density at radius 2 is 1.95 bits per heavy atom. The van der Waals surface area contributed by atoms with Crippen molar-refractivity contribution in [1.82, 2.24) is 5.32 Å². The predicted octanol–water partition coefficient (Wildman–Crippen LogP) is 3.41. The molecule has 2 aromatic rings. The number of benzene rings is 2. The monoisotopic (exact) mass is 401 g/mol. The molecule has 0 aromatic heterocycles. The van der Waals surface area contributed by atoms with Crippen LogP contribution in [0.2, 0.25) is 5.02 Å². The van der Waals surface area contributed by atoms with Crippen LogP contribution < -0.4 is 5.32 Å². The molecule has 0 unspecified atom stereocenters. The van der Waals surface area contributed by atoms with Crippen LogP contribution in [0.4, 0.5) is 0 Å². The second-order valence-corrected chi connectivity index (χ2v) is 5.82. The lowest BCUT2D eigenvalue weighted by Gasteiger charge is -2.17. The lowest BCUT2D eigenvalue weighted by Crippen LogP contribution is -2.30. The summed E-state index contributed by atoms with van der Waals surface area (Å²) in [6, 6.07) is 14.0. The van der Waals surface area contributed by atoms with Gasteiger partial charge in [-0.3, -0.25) is 4.79 Å². The number of carbonyl (C=O) groups excluding carboxylic acids is 1. The number of aliphatic hydroxyl groups excluding tert-OH is 1. The molecule has 5 heteroatoms. The molecule has 1 atom stereocenters. The molecule has 0 saturated heterocycles. The Kier molecular flexibility index (Phi) is 5.39. The zero-order chi connectivity index (χ0) is 14.5. The van der Waals surface area contributed by atoms with Gasteiger partial charge in [0, 0.05) is 9.13 Å². The molecule has 0 bridgehead atoms. The maximum Gasteiger partial charge on any atom is 0.251 e. The van der Waals surface area contributed by atoms with Gasteiger partial charge in [-0.05, 0) is 46.4 Å². The topological polar surface area (TPSA) is 49.3 Å². The first-order chi connectivity index (χ1) is 9.61. The summed E-state index contributed by atoms with van der Waals surface area (Å²) in [4.78, 5) is 12.2. The fraction of sp³-hybridized carbons (Fsp3) is 0.133. The van der Waals surface area contributed by atoms with Crippen molar-refractivity contribution in [2.75, 3.05) is 6.61 Å². The third-order valence-electron chi connectivity index (χ3n) is 2.87. The SMILES string of the molecule is O=C(N[C@@H](CO)c1ccccc1)c1ccc(I)c(Cl)c1. The lowest BCUT2D eigenvalue weighted by molar-refractivity contribution is 0.0916. The standard InChI is InChI=1S/C15H13ClINO2/c16-12-8-11(6-7-13(12)17)15(20)18-14(9-19)10-4-2-1-3-5-10/h1-8,14,19H,9H2,(H,18,20)/t14-/m0/s1. The van der Waals surface area contributed by atoms with E-state index in [1.165, 1.54) is 0 Å². The summed E-state index contributed by atoms with van der Waals surface area (Å²) in [5, 5.41) is 12.8. The average molecular weight is 402 g/mol. The number of nitrogens with one attached hydrogen (secondary N) is 1. The molecular weight excluding hydrogens is 389 g/mol. The summed E-state index contributed by atoms with van der Waals surface area (Å²) in [6.07, 6.45) is 0. The molecular formula is C15H13ClINO2. The van der Waals surface area contributed by atoms with Crippen molar-refractivity contribution in [3.05, 3.63) is 68.3 Å². The van der Waals surface area contributed by atoms with Crippen LogP contribution in [0.15, 0.2) is 48.5 Å². The summed E-state index contributed by atoms with van der Waals surface area (Å²) in [5.41, 5.74) is 1.34. The second-order valence-electron chi connectivity index (χ2n) is 4.25. The summed E-state index contributed by atoms with van der Waals surface area (Å²) >= 11 is 8.11. The van der Waals surface area contributed by atoms with Crippen molar-refractivity contribution >= 4 is 40.1 Å². The van der Waals surface area contributed by atoms with Crippen LogP contribution in [0.5, 0.6) is 0 Å². The highest BCUT2D eigenvalue weighted by molar-refractivity contribution is 14.1. The Bertz CT molecular complexity index is 604. The van der Waals surface area contributed by atoms with Crippen molar-refractivity contribution in [1.29, 1.82) is 0 Å². The van der Waals surface area contributed by atoms with E-state index in [1.54, 1.807) is 18.2 Å². The predicted molar refractivity (Wildman–Crippen MR) is 87.9 cm³/mol. The van der Waals surface area contributed by atoms with E-state index in [1.807, 2.05) is 30.3 Å². The highest BCUT2D eigenvalue weighted by Gasteiger charge is 2.15. The highest BCUT2D eigenvalue weighted by Crippen LogP contribution is 2.20. The van der Waals surface area contributed by atoms with E-state index in [0.717, 1.165) is 9.13 Å². The molecule has 0 aliphatic rings. The Morgan fingerprint density at radius 3 is 2.55 bits per heavy atom. The van der Waals surface area contributed by atoms with Crippen LogP contribution in [-0.2, 0) is 0 Å². The summed E-state index contributed by atoms with van der Waals surface area (Å²) in [6.45, 7) is -0.159. The summed E-state index contributed by atoms with van der Waals surface area (Å²) in [7, 11) is 0. The van der Waals surface area contributed by atoms with Gasteiger partial charge in [-0.1, -0.05) is 41.9 Å². The number of amides is 1. The molecule has 2 rings (SSSR count). The zero-order valence-corrected chi connectivity index (χ0v) is 13.4. The van der Waals surface area contributed by atoms with Crippen LogP contribution in [0.3, 0.4) is 0 Å². The minimum Gasteiger partial charge on any atom is -0.394 e. The molecule has 2 N–H and O–H groups in total. The fourth-order valence-electron chi connectivity index (χ4n) is 1.80. The van der Waals surface area contributed by atoms with E-state index in [4.69, 9.17) is 11.6 Å². The van der Waals surface area contributed by atoms with Gasteiger partial charge >= 0.3 is 0 Å². The van der Waals surface area contributed by atoms with Crippen molar-refractivity contribution in [3.8, 4) is 0 Å². The van der Waals surface area contributed by atoms with E-state index >= 15 is 0 Å². The van der Waals surface area contributed by atoms with Crippen LogP contribution in [0.25, 0.3) is 0 Å². The fourth-order valence-corrected chi connectivity index (χ4v) is 2.31. The Morgan fingerprint density at radius 1 is 1.25 bits per heavy atom. The van der Waals surface area contributed by atoms with Gasteiger partial charge in [-0.15, -0.1) is 0 Å². The van der Waals surface area contributed by atoms with E-state index in [0.29, 0.717) is 10.6 Å². The maximum absolute atomic E-state index is 12.2. The van der Waals surface area contributed by atoms with Crippen LogP contribution in [-0.4, -0.2) is 17.6 Å². The van der Waals surface area contributed by atoms with E-state index < -0.39 is 6.04 Å². The Hall–Kier alpha value is -1.11. The molecule has 0 fully saturated rings. The van der Waals surface area contributed by atoms with Gasteiger partial charge in [-0.2, -0.15) is 0 Å². The van der Waals surface area contributed by atoms with E-state index in [9.17, 15) is 9.90 Å². The van der Waals surface area contributed by atoms with Gasteiger partial charge in [0.05, 0.1) is 17.7 Å². The molecule has 0 saturated carbocycles. The van der Waals surface area contributed by atoms with Gasteiger partial charge in [0.25, 0.3) is 5.91 Å². The smallest absolute Gasteiger partial charge is 0.251 e. The number of carbonyl (C=O) groups is 1. The van der Waals surface area contributed by atoms with Gasteiger partial charge in [0.1, 0.15) is 0 Å². The van der Waals surface area contributed by atoms with Crippen LogP contribution in [0, 0.1) is 3.57 Å². The summed E-state index contributed by atoms with van der Waals surface area (Å²) in [5.74, 6) is -0.258. The van der Waals surface area contributed by atoms with Crippen molar-refractivity contribution in [2.45, 2.75) is 6.04 Å². The van der Waals surface area contributed by atoms with Crippen LogP contribution >= 0.6 is 34.2 Å². The normalized spacial score (nSPS) is 11.9. The molecule has 0 radical (unpaired) electrons. The van der Waals surface area contributed by atoms with Gasteiger partial charge < -0.3 is 10.4 Å². The third kappa shape index (κ3) is 3.71. The minimum absolute atomic E-state index is 0.159. The molecule has 2 aromatic carbocycles. The molecule has 3 nitrogen and oxygen atoms in total. The van der Waals surface area contributed by atoms with E-state index in [2.05, 4.69) is 27.9 Å². The van der Waals surface area contributed by atoms with Crippen LogP contribution in [0.1, 0.15) is 22.0 Å². The minimum atomic E-state index is -0.429. The molecule has 104 valence electrons. The first-order valence-corrected chi connectivity index (χ1v) is 7.49. The third-order valence-corrected chi connectivity index (χ3v) is 4.44. The molecule has 0 aliphatic carbocycles. The average Bonchev–Trinajstić information content (AvgIpc) is 2.48. The number of aliphatic hydroxyl groups is 1. The lowest BCUT2D eigenvalue weighted by atomic mass is 10.1. The molecule has 1 amide bonds. The first-order valence-electron chi connectivity index (χ1n) is 6.03. The molecule has 0 heterocycles. The van der Waals surface area contributed by atoms with Gasteiger partial charge in [0.2, 0.25) is 0 Å². The number of halogens is 2. The summed E-state index contributed by atoms with van der Waals surface area (Å²) < 4.78 is 0.891. The number of hydrogen-bond donors (Lipinski definition) is 2. The quantitative estimate of drug-likeness (QED) is 0.772.